The fraction of sp³-hybridized carbons (Fsp3) is 0.179. The van der Waals surface area contributed by atoms with Gasteiger partial charge in [-0.25, -0.2) is 4.98 Å². The summed E-state index contributed by atoms with van der Waals surface area (Å²) in [6.45, 7) is 1.81. The quantitative estimate of drug-likeness (QED) is 0.0412. The van der Waals surface area contributed by atoms with E-state index in [1.54, 1.807) is 0 Å². The van der Waals surface area contributed by atoms with Crippen molar-refractivity contribution in [1.29, 1.82) is 0 Å². The van der Waals surface area contributed by atoms with Crippen molar-refractivity contribution in [3.05, 3.63) is 119 Å². The number of hydrogen-bond donors (Lipinski definition) is 1. The van der Waals surface area contributed by atoms with Crippen LogP contribution < -0.4 is 5.32 Å². The van der Waals surface area contributed by atoms with Crippen molar-refractivity contribution in [2.24, 2.45) is 5.16 Å². The number of thiazole rings is 1. The summed E-state index contributed by atoms with van der Waals surface area (Å²) in [6.07, 6.45) is 0. The Balaban J connectivity index is 1.79. The lowest BCUT2D eigenvalue weighted by molar-refractivity contribution is -0.139. The predicted octanol–water partition coefficient (Wildman–Crippen LogP) is 6.27. The van der Waals surface area contributed by atoms with Crippen LogP contribution in [-0.4, -0.2) is 34.3 Å². The van der Waals surface area contributed by atoms with Gasteiger partial charge in [-0.2, -0.15) is 0 Å². The first-order valence-corrected chi connectivity index (χ1v) is 13.8. The molecule has 8 heteroatoms. The first kappa shape index (κ1) is 25.8. The predicted molar refractivity (Wildman–Crippen MR) is 153 cm³/mol. The van der Waals surface area contributed by atoms with Crippen molar-refractivity contribution < 1.29 is 14.4 Å². The summed E-state index contributed by atoms with van der Waals surface area (Å²) in [5.74, 6) is -0.388. The molecule has 0 aliphatic carbocycles. The van der Waals surface area contributed by atoms with Gasteiger partial charge in [0, 0.05) is 16.7 Å². The highest BCUT2D eigenvalue weighted by Gasteiger charge is 2.37. The minimum atomic E-state index is -0.691. The van der Waals surface area contributed by atoms with E-state index in [1.807, 2.05) is 60.0 Å². The van der Waals surface area contributed by atoms with Crippen LogP contribution in [0.5, 0.6) is 0 Å². The van der Waals surface area contributed by atoms with Gasteiger partial charge in [-0.1, -0.05) is 119 Å². The maximum Gasteiger partial charge on any atom is 0.303 e. The second-order valence-electron chi connectivity index (χ2n) is 7.85. The molecule has 1 heterocycles. The molecule has 0 atom stereocenters. The number of carbonyl (C=O) groups is 1. The summed E-state index contributed by atoms with van der Waals surface area (Å²) in [4.78, 5) is 21.6. The summed E-state index contributed by atoms with van der Waals surface area (Å²) in [7, 11) is 0. The third-order valence-corrected chi connectivity index (χ3v) is 6.67. The van der Waals surface area contributed by atoms with Crippen LogP contribution in [0, 0.1) is 0 Å². The van der Waals surface area contributed by atoms with Gasteiger partial charge in [0.1, 0.15) is 30.2 Å². The van der Waals surface area contributed by atoms with E-state index < -0.39 is 5.54 Å². The Morgan fingerprint density at radius 3 is 1.94 bits per heavy atom. The number of esters is 1. The smallest absolute Gasteiger partial charge is 0.303 e. The van der Waals surface area contributed by atoms with E-state index in [2.05, 4.69) is 69.5 Å². The SMILES string of the molecule is CC(=O)OCC(=NOCCI)c1csc(NC(c2ccccc2)(c2ccccc2)c2ccccc2)n1. The highest BCUT2D eigenvalue weighted by molar-refractivity contribution is 14.1. The number of alkyl halides is 1. The molecule has 0 saturated heterocycles. The molecule has 6 nitrogen and oxygen atoms in total. The molecule has 3 aromatic carbocycles. The molecule has 1 N–H and O–H groups in total. The van der Waals surface area contributed by atoms with Crippen molar-refractivity contribution in [2.75, 3.05) is 23.0 Å². The zero-order chi connectivity index (χ0) is 25.2. The number of hydrogen-bond acceptors (Lipinski definition) is 7. The van der Waals surface area contributed by atoms with E-state index in [0.29, 0.717) is 23.1 Å². The second-order valence-corrected chi connectivity index (χ2v) is 9.79. The molecule has 1 aromatic heterocycles. The van der Waals surface area contributed by atoms with Gasteiger partial charge in [0.2, 0.25) is 0 Å². The average Bonchev–Trinajstić information content (AvgIpc) is 3.39. The van der Waals surface area contributed by atoms with E-state index in [4.69, 9.17) is 14.6 Å². The molecule has 0 amide bonds. The summed E-state index contributed by atoms with van der Waals surface area (Å²) in [5.41, 5.74) is 3.61. The molecule has 0 bridgehead atoms. The van der Waals surface area contributed by atoms with Gasteiger partial charge in [0.15, 0.2) is 5.13 Å². The monoisotopic (exact) mass is 611 g/mol. The molecule has 0 unspecified atom stereocenters. The highest BCUT2D eigenvalue weighted by atomic mass is 127. The molecule has 0 radical (unpaired) electrons. The molecular formula is C28H26IN3O3S. The van der Waals surface area contributed by atoms with Gasteiger partial charge in [-0.05, 0) is 16.7 Å². The van der Waals surface area contributed by atoms with Gasteiger partial charge in [-0.3, -0.25) is 4.79 Å². The summed E-state index contributed by atoms with van der Waals surface area (Å²) >= 11 is 3.67. The average molecular weight is 612 g/mol. The fourth-order valence-electron chi connectivity index (χ4n) is 3.88. The first-order valence-electron chi connectivity index (χ1n) is 11.4. The second kappa shape index (κ2) is 12.6. The zero-order valence-corrected chi connectivity index (χ0v) is 22.7. The Bertz CT molecular complexity index is 1180. The normalized spacial score (nSPS) is 11.7. The number of nitrogens with one attached hydrogen (secondary N) is 1. The lowest BCUT2D eigenvalue weighted by Gasteiger charge is -2.36. The van der Waals surface area contributed by atoms with Crippen LogP contribution in [0.3, 0.4) is 0 Å². The lowest BCUT2D eigenvalue weighted by Crippen LogP contribution is -2.38. The molecule has 4 rings (SSSR count). The first-order chi connectivity index (χ1) is 17.6. The number of aromatic nitrogens is 1. The van der Waals surface area contributed by atoms with E-state index in [-0.39, 0.29) is 12.6 Å². The molecule has 0 saturated carbocycles. The number of halogens is 1. The van der Waals surface area contributed by atoms with Crippen molar-refractivity contribution in [3.8, 4) is 0 Å². The Labute approximate surface area is 228 Å². The van der Waals surface area contributed by atoms with Crippen LogP contribution in [0.1, 0.15) is 29.3 Å². The van der Waals surface area contributed by atoms with Crippen LogP contribution in [0.2, 0.25) is 0 Å². The van der Waals surface area contributed by atoms with Gasteiger partial charge in [0.05, 0.1) is 0 Å². The molecule has 0 aliphatic heterocycles. The maximum atomic E-state index is 11.4. The largest absolute Gasteiger partial charge is 0.459 e. The van der Waals surface area contributed by atoms with Gasteiger partial charge >= 0.3 is 5.97 Å². The van der Waals surface area contributed by atoms with Gasteiger partial charge in [0.25, 0.3) is 0 Å². The number of oxime groups is 1. The number of carbonyl (C=O) groups excluding carboxylic acids is 1. The summed E-state index contributed by atoms with van der Waals surface area (Å²) in [6, 6.07) is 31.0. The minimum Gasteiger partial charge on any atom is -0.459 e. The maximum absolute atomic E-state index is 11.4. The van der Waals surface area contributed by atoms with Crippen LogP contribution >= 0.6 is 33.9 Å². The number of benzene rings is 3. The third-order valence-electron chi connectivity index (χ3n) is 5.47. The molecular weight excluding hydrogens is 585 g/mol. The number of nitrogens with zero attached hydrogens (tertiary/aromatic N) is 2. The summed E-state index contributed by atoms with van der Waals surface area (Å²) < 4.78 is 5.99. The van der Waals surface area contributed by atoms with E-state index in [0.717, 1.165) is 21.1 Å². The van der Waals surface area contributed by atoms with E-state index >= 15 is 0 Å². The molecule has 0 fully saturated rings. The minimum absolute atomic E-state index is 0.0129. The highest BCUT2D eigenvalue weighted by Crippen LogP contribution is 2.40. The van der Waals surface area contributed by atoms with Crippen LogP contribution in [0.15, 0.2) is 102 Å². The Morgan fingerprint density at radius 1 is 0.944 bits per heavy atom. The van der Waals surface area contributed by atoms with Crippen LogP contribution in [0.4, 0.5) is 5.13 Å². The summed E-state index contributed by atoms with van der Waals surface area (Å²) in [5, 5.41) is 10.5. The van der Waals surface area contributed by atoms with Gasteiger partial charge < -0.3 is 14.9 Å². The Hall–Kier alpha value is -3.24. The standard InChI is InChI=1S/C28H26IN3O3S/c1-21(33)34-19-25(32-35-18-17-29)26-20-36-27(30-26)31-28(22-11-5-2-6-12-22,23-13-7-3-8-14-23)24-15-9-4-10-16-24/h2-16,20H,17-19H2,1H3,(H,30,31). The topological polar surface area (TPSA) is 72.8 Å². The van der Waals surface area contributed by atoms with Crippen molar-refractivity contribution in [3.63, 3.8) is 0 Å². The molecule has 0 aliphatic rings. The number of rotatable bonds is 11. The van der Waals surface area contributed by atoms with Crippen molar-refractivity contribution in [2.45, 2.75) is 12.5 Å². The lowest BCUT2D eigenvalue weighted by atomic mass is 9.77. The Kier molecular flexibility index (Phi) is 9.07. The van der Waals surface area contributed by atoms with Crippen LogP contribution in [0.25, 0.3) is 0 Å². The van der Waals surface area contributed by atoms with Crippen LogP contribution in [-0.2, 0) is 19.9 Å². The number of anilines is 1. The molecule has 4 aromatic rings. The zero-order valence-electron chi connectivity index (χ0n) is 19.8. The van der Waals surface area contributed by atoms with E-state index in [9.17, 15) is 4.79 Å². The number of ether oxygens (including phenoxy) is 1. The fourth-order valence-corrected chi connectivity index (χ4v) is 4.85. The van der Waals surface area contributed by atoms with Crippen molar-refractivity contribution in [1.82, 2.24) is 4.98 Å². The Morgan fingerprint density at radius 2 is 1.47 bits per heavy atom. The third kappa shape index (κ3) is 6.11. The van der Waals surface area contributed by atoms with E-state index in [1.165, 1.54) is 18.3 Å². The van der Waals surface area contributed by atoms with Crippen molar-refractivity contribution >= 4 is 50.7 Å². The molecule has 0 spiro atoms. The van der Waals surface area contributed by atoms with Gasteiger partial charge in [-0.15, -0.1) is 11.3 Å². The molecule has 184 valence electrons. The molecule has 36 heavy (non-hydrogen) atoms.